The van der Waals surface area contributed by atoms with Gasteiger partial charge in [-0.3, -0.25) is 4.79 Å². The molecular weight excluding hydrogens is 238 g/mol. The van der Waals surface area contributed by atoms with Gasteiger partial charge in [0.15, 0.2) is 10.8 Å². The Labute approximate surface area is 104 Å². The van der Waals surface area contributed by atoms with Crippen molar-refractivity contribution in [1.29, 1.82) is 0 Å². The molecule has 0 aliphatic carbocycles. The van der Waals surface area contributed by atoms with Gasteiger partial charge >= 0.3 is 0 Å². The number of rotatable bonds is 1. The molecule has 0 saturated heterocycles. The molecule has 0 spiro atoms. The van der Waals surface area contributed by atoms with Crippen LogP contribution >= 0.6 is 11.6 Å². The van der Waals surface area contributed by atoms with Gasteiger partial charge in [-0.05, 0) is 30.9 Å². The second-order valence-electron chi connectivity index (χ2n) is 4.45. The van der Waals surface area contributed by atoms with Crippen molar-refractivity contribution in [1.82, 2.24) is 14.6 Å². The van der Waals surface area contributed by atoms with Gasteiger partial charge in [-0.2, -0.15) is 9.61 Å². The Balaban J connectivity index is 2.93. The predicted octanol–water partition coefficient (Wildman–Crippen LogP) is 2.48. The Bertz CT molecular complexity index is 646. The minimum Gasteiger partial charge on any atom is -0.267 e. The summed E-state index contributed by atoms with van der Waals surface area (Å²) >= 11 is 5.97. The molecule has 2 aromatic heterocycles. The van der Waals surface area contributed by atoms with Crippen LogP contribution in [0.15, 0.2) is 10.9 Å². The van der Waals surface area contributed by atoms with Gasteiger partial charge in [0.05, 0.1) is 5.69 Å². The van der Waals surface area contributed by atoms with E-state index in [9.17, 15) is 4.79 Å². The molecule has 0 aliphatic rings. The maximum atomic E-state index is 11.9. The second kappa shape index (κ2) is 4.11. The van der Waals surface area contributed by atoms with E-state index >= 15 is 0 Å². The molecule has 0 aromatic carbocycles. The van der Waals surface area contributed by atoms with Gasteiger partial charge in [-0.25, -0.2) is 4.98 Å². The van der Waals surface area contributed by atoms with E-state index in [-0.39, 0.29) is 11.5 Å². The average molecular weight is 252 g/mol. The van der Waals surface area contributed by atoms with Crippen LogP contribution < -0.4 is 5.56 Å². The lowest BCUT2D eigenvalue weighted by Gasteiger charge is -2.10. The van der Waals surface area contributed by atoms with Crippen molar-refractivity contribution in [3.05, 3.63) is 38.4 Å². The highest BCUT2D eigenvalue weighted by Gasteiger charge is 2.12. The fourth-order valence-electron chi connectivity index (χ4n) is 1.61. The third-order valence-corrected chi connectivity index (χ3v) is 3.26. The lowest BCUT2D eigenvalue weighted by molar-refractivity contribution is 0.781. The molecular formula is C12H14ClN3O. The van der Waals surface area contributed by atoms with Crippen LogP contribution in [0.1, 0.15) is 36.6 Å². The molecule has 0 bridgehead atoms. The first-order valence-electron chi connectivity index (χ1n) is 5.48. The fourth-order valence-corrected chi connectivity index (χ4v) is 1.83. The second-order valence-corrected chi connectivity index (χ2v) is 4.81. The maximum absolute atomic E-state index is 11.9. The largest absolute Gasteiger partial charge is 0.274 e. The maximum Gasteiger partial charge on any atom is 0.274 e. The van der Waals surface area contributed by atoms with Crippen molar-refractivity contribution in [3.8, 4) is 0 Å². The Hall–Kier alpha value is -1.42. The summed E-state index contributed by atoms with van der Waals surface area (Å²) in [6.45, 7) is 7.78. The van der Waals surface area contributed by atoms with E-state index in [1.807, 2.05) is 27.7 Å². The highest BCUT2D eigenvalue weighted by Crippen LogP contribution is 2.19. The molecule has 4 nitrogen and oxygen atoms in total. The predicted molar refractivity (Wildman–Crippen MR) is 67.8 cm³/mol. The van der Waals surface area contributed by atoms with Gasteiger partial charge < -0.3 is 0 Å². The van der Waals surface area contributed by atoms with E-state index in [2.05, 4.69) is 10.1 Å². The van der Waals surface area contributed by atoms with E-state index in [0.29, 0.717) is 10.8 Å². The molecule has 2 aromatic rings. The SMILES string of the molecule is Cc1c(Cl)nn2c(=O)cc(C(C)C)nc2c1C. The van der Waals surface area contributed by atoms with E-state index in [1.165, 1.54) is 10.6 Å². The topological polar surface area (TPSA) is 47.3 Å². The van der Waals surface area contributed by atoms with Gasteiger partial charge in [-0.1, -0.05) is 25.4 Å². The first-order valence-corrected chi connectivity index (χ1v) is 5.86. The molecule has 0 N–H and O–H groups in total. The summed E-state index contributed by atoms with van der Waals surface area (Å²) < 4.78 is 1.26. The highest BCUT2D eigenvalue weighted by molar-refractivity contribution is 6.30. The van der Waals surface area contributed by atoms with Crippen LogP contribution in [0.4, 0.5) is 0 Å². The Morgan fingerprint density at radius 2 is 1.94 bits per heavy atom. The molecule has 0 radical (unpaired) electrons. The molecule has 5 heteroatoms. The van der Waals surface area contributed by atoms with Crippen LogP contribution in [-0.4, -0.2) is 14.6 Å². The zero-order chi connectivity index (χ0) is 12.7. The molecule has 90 valence electrons. The molecule has 0 unspecified atom stereocenters. The molecule has 2 heterocycles. The minimum absolute atomic E-state index is 0.191. The number of hydrogen-bond donors (Lipinski definition) is 0. The normalized spacial score (nSPS) is 11.4. The fraction of sp³-hybridized carbons (Fsp3) is 0.417. The number of aryl methyl sites for hydroxylation is 1. The van der Waals surface area contributed by atoms with Crippen LogP contribution in [0.3, 0.4) is 0 Å². The van der Waals surface area contributed by atoms with Gasteiger partial charge in [-0.15, -0.1) is 0 Å². The van der Waals surface area contributed by atoms with Gasteiger partial charge in [0.1, 0.15) is 0 Å². The zero-order valence-electron chi connectivity index (χ0n) is 10.3. The quantitative estimate of drug-likeness (QED) is 0.782. The van der Waals surface area contributed by atoms with Crippen molar-refractivity contribution in [2.24, 2.45) is 0 Å². The van der Waals surface area contributed by atoms with Crippen LogP contribution in [-0.2, 0) is 0 Å². The van der Waals surface area contributed by atoms with Gasteiger partial charge in [0.2, 0.25) is 0 Å². The van der Waals surface area contributed by atoms with Crippen LogP contribution in [0.2, 0.25) is 5.15 Å². The third kappa shape index (κ3) is 1.93. The average Bonchev–Trinajstić information content (AvgIpc) is 2.27. The van der Waals surface area contributed by atoms with Crippen molar-refractivity contribution in [2.75, 3.05) is 0 Å². The van der Waals surface area contributed by atoms with E-state index < -0.39 is 0 Å². The van der Waals surface area contributed by atoms with Crippen LogP contribution in [0, 0.1) is 13.8 Å². The lowest BCUT2D eigenvalue weighted by Crippen LogP contribution is -2.20. The molecule has 2 rings (SSSR count). The van der Waals surface area contributed by atoms with Crippen molar-refractivity contribution < 1.29 is 0 Å². The molecule has 0 aliphatic heterocycles. The smallest absolute Gasteiger partial charge is 0.267 e. The number of halogens is 1. The molecule has 0 saturated carbocycles. The van der Waals surface area contributed by atoms with Crippen LogP contribution in [0.5, 0.6) is 0 Å². The molecule has 0 amide bonds. The number of aromatic nitrogens is 3. The third-order valence-electron chi connectivity index (χ3n) is 2.90. The number of nitrogens with zero attached hydrogens (tertiary/aromatic N) is 3. The summed E-state index contributed by atoms with van der Waals surface area (Å²) in [4.78, 5) is 16.4. The zero-order valence-corrected chi connectivity index (χ0v) is 11.0. The van der Waals surface area contributed by atoms with E-state index in [1.54, 1.807) is 0 Å². The Morgan fingerprint density at radius 3 is 2.53 bits per heavy atom. The monoisotopic (exact) mass is 251 g/mol. The standard InChI is InChI=1S/C12H14ClN3O/c1-6(2)9-5-10(17)16-12(14-9)8(4)7(3)11(13)15-16/h5-6H,1-4H3. The minimum atomic E-state index is -0.191. The summed E-state index contributed by atoms with van der Waals surface area (Å²) in [7, 11) is 0. The molecule has 0 fully saturated rings. The van der Waals surface area contributed by atoms with Crippen molar-refractivity contribution >= 4 is 17.2 Å². The highest BCUT2D eigenvalue weighted by atomic mass is 35.5. The number of hydrogen-bond acceptors (Lipinski definition) is 3. The summed E-state index contributed by atoms with van der Waals surface area (Å²) in [5, 5.41) is 4.39. The van der Waals surface area contributed by atoms with E-state index in [0.717, 1.165) is 16.8 Å². The first kappa shape index (κ1) is 12.0. The molecule has 0 atom stereocenters. The first-order chi connectivity index (χ1) is 7.91. The summed E-state index contributed by atoms with van der Waals surface area (Å²) in [5.41, 5.74) is 2.93. The van der Waals surface area contributed by atoms with Gasteiger partial charge in [0.25, 0.3) is 5.56 Å². The summed E-state index contributed by atoms with van der Waals surface area (Å²) in [6, 6.07) is 1.51. The Morgan fingerprint density at radius 1 is 1.29 bits per heavy atom. The number of fused-ring (bicyclic) bond motifs is 1. The Kier molecular flexibility index (Phi) is 2.91. The van der Waals surface area contributed by atoms with Crippen molar-refractivity contribution in [3.63, 3.8) is 0 Å². The summed E-state index contributed by atoms with van der Waals surface area (Å²) in [5.74, 6) is 0.211. The van der Waals surface area contributed by atoms with Crippen molar-refractivity contribution in [2.45, 2.75) is 33.6 Å². The van der Waals surface area contributed by atoms with E-state index in [4.69, 9.17) is 11.6 Å². The van der Waals surface area contributed by atoms with Crippen LogP contribution in [0.25, 0.3) is 5.65 Å². The van der Waals surface area contributed by atoms with Gasteiger partial charge in [0, 0.05) is 6.07 Å². The lowest BCUT2D eigenvalue weighted by atomic mass is 10.1. The summed E-state index contributed by atoms with van der Waals surface area (Å²) in [6.07, 6.45) is 0. The molecule has 17 heavy (non-hydrogen) atoms.